The highest BCUT2D eigenvalue weighted by Gasteiger charge is 2.23. The van der Waals surface area contributed by atoms with Crippen molar-refractivity contribution in [3.63, 3.8) is 0 Å². The summed E-state index contributed by atoms with van der Waals surface area (Å²) in [6, 6.07) is 0.0291. The second kappa shape index (κ2) is 7.05. The molecule has 0 bridgehead atoms. The van der Waals surface area contributed by atoms with Crippen molar-refractivity contribution < 1.29 is 14.4 Å². The highest BCUT2D eigenvalue weighted by molar-refractivity contribution is 5.76. The zero-order valence-electron chi connectivity index (χ0n) is 12.7. The number of aryl methyl sites for hydroxylation is 1. The van der Waals surface area contributed by atoms with Crippen molar-refractivity contribution in [1.82, 2.24) is 15.5 Å². The molecule has 0 unspecified atom stereocenters. The van der Waals surface area contributed by atoms with E-state index >= 15 is 0 Å². The van der Waals surface area contributed by atoms with Crippen molar-refractivity contribution in [3.05, 3.63) is 23.9 Å². The monoisotopic (exact) mass is 305 g/mol. The summed E-state index contributed by atoms with van der Waals surface area (Å²) in [6.07, 6.45) is 10.3. The fraction of sp³-hybridized carbons (Fsp3) is 0.688. The summed E-state index contributed by atoms with van der Waals surface area (Å²) in [4.78, 5) is 16.3. The van der Waals surface area contributed by atoms with Crippen molar-refractivity contribution in [2.45, 2.75) is 56.9 Å². The van der Waals surface area contributed by atoms with Crippen LogP contribution >= 0.6 is 0 Å². The number of nitrogens with one attached hydrogen (secondary N) is 1. The molecule has 2 N–H and O–H groups in total. The maximum Gasteiger partial charge on any atom is 0.227 e. The van der Waals surface area contributed by atoms with Crippen molar-refractivity contribution >= 4 is 5.91 Å². The fourth-order valence-corrected chi connectivity index (χ4v) is 3.24. The predicted molar refractivity (Wildman–Crippen MR) is 80.1 cm³/mol. The van der Waals surface area contributed by atoms with Crippen LogP contribution in [-0.4, -0.2) is 33.8 Å². The number of hydrogen-bond acceptors (Lipinski definition) is 5. The van der Waals surface area contributed by atoms with Gasteiger partial charge in [0.05, 0.1) is 0 Å². The number of nitrogens with zero attached hydrogens (tertiary/aromatic N) is 2. The van der Waals surface area contributed by atoms with Gasteiger partial charge in [-0.2, -0.15) is 4.98 Å². The van der Waals surface area contributed by atoms with Crippen molar-refractivity contribution in [3.8, 4) is 0 Å². The molecule has 6 heteroatoms. The largest absolute Gasteiger partial charge is 0.396 e. The zero-order valence-corrected chi connectivity index (χ0v) is 12.7. The first kappa shape index (κ1) is 15.2. The summed E-state index contributed by atoms with van der Waals surface area (Å²) >= 11 is 0. The van der Waals surface area contributed by atoms with Gasteiger partial charge in [-0.25, -0.2) is 0 Å². The van der Waals surface area contributed by atoms with Crippen LogP contribution in [0.15, 0.2) is 16.7 Å². The van der Waals surface area contributed by atoms with Gasteiger partial charge in [0.15, 0.2) is 5.82 Å². The fourth-order valence-electron chi connectivity index (χ4n) is 3.24. The Bertz CT molecular complexity index is 534. The summed E-state index contributed by atoms with van der Waals surface area (Å²) < 4.78 is 5.24. The Morgan fingerprint density at radius 3 is 2.91 bits per heavy atom. The average molecular weight is 305 g/mol. The highest BCUT2D eigenvalue weighted by atomic mass is 16.5. The van der Waals surface area contributed by atoms with E-state index in [-0.39, 0.29) is 24.5 Å². The molecule has 2 aliphatic carbocycles. The maximum absolute atomic E-state index is 11.9. The van der Waals surface area contributed by atoms with Gasteiger partial charge in [-0.1, -0.05) is 30.2 Å². The lowest BCUT2D eigenvalue weighted by molar-refractivity contribution is -0.121. The molecule has 0 aromatic carbocycles. The second-order valence-corrected chi connectivity index (χ2v) is 6.26. The Hall–Kier alpha value is -1.69. The van der Waals surface area contributed by atoms with Gasteiger partial charge >= 0.3 is 0 Å². The molecule has 0 aliphatic heterocycles. The minimum absolute atomic E-state index is 0.0196. The number of rotatable bonds is 6. The smallest absolute Gasteiger partial charge is 0.227 e. The van der Waals surface area contributed by atoms with Crippen LogP contribution in [0.4, 0.5) is 0 Å². The van der Waals surface area contributed by atoms with E-state index in [1.54, 1.807) is 0 Å². The van der Waals surface area contributed by atoms with E-state index in [9.17, 15) is 4.79 Å². The number of aromatic nitrogens is 2. The molecule has 2 atom stereocenters. The Balaban J connectivity index is 1.42. The van der Waals surface area contributed by atoms with E-state index in [4.69, 9.17) is 9.63 Å². The van der Waals surface area contributed by atoms with Gasteiger partial charge in [0.2, 0.25) is 11.8 Å². The molecule has 0 spiro atoms. The SMILES string of the molecule is O=C(CCc1nc(C2CCCC2)no1)N[C@@H]1C=C[C@H](CO)C1. The van der Waals surface area contributed by atoms with Crippen molar-refractivity contribution in [2.24, 2.45) is 5.92 Å². The van der Waals surface area contributed by atoms with Gasteiger partial charge in [-0.3, -0.25) is 4.79 Å². The third kappa shape index (κ3) is 3.74. The number of amides is 1. The number of hydrogen-bond donors (Lipinski definition) is 2. The average Bonchev–Trinajstić information content (AvgIpc) is 3.25. The van der Waals surface area contributed by atoms with E-state index in [1.807, 2.05) is 12.2 Å². The molecule has 0 saturated heterocycles. The van der Waals surface area contributed by atoms with Crippen molar-refractivity contribution in [2.75, 3.05) is 6.61 Å². The molecule has 1 saturated carbocycles. The molecule has 1 aromatic heterocycles. The first-order valence-corrected chi connectivity index (χ1v) is 8.15. The van der Waals surface area contributed by atoms with E-state index in [0.717, 1.165) is 25.1 Å². The van der Waals surface area contributed by atoms with Crippen LogP contribution in [0.3, 0.4) is 0 Å². The molecular formula is C16H23N3O3. The van der Waals surface area contributed by atoms with E-state index in [2.05, 4.69) is 15.5 Å². The Kier molecular flexibility index (Phi) is 4.87. The molecule has 120 valence electrons. The minimum atomic E-state index is -0.0196. The van der Waals surface area contributed by atoms with Crippen LogP contribution in [0.2, 0.25) is 0 Å². The summed E-state index contributed by atoms with van der Waals surface area (Å²) in [7, 11) is 0. The third-order valence-electron chi connectivity index (χ3n) is 4.52. The molecule has 1 heterocycles. The molecule has 3 rings (SSSR count). The van der Waals surface area contributed by atoms with Crippen LogP contribution in [0.1, 0.15) is 56.2 Å². The number of aliphatic hydroxyl groups is 1. The summed E-state index contributed by atoms with van der Waals surface area (Å²) in [5.74, 6) is 1.93. The molecule has 2 aliphatic rings. The Morgan fingerprint density at radius 1 is 1.36 bits per heavy atom. The van der Waals surface area contributed by atoms with Crippen LogP contribution in [0.5, 0.6) is 0 Å². The van der Waals surface area contributed by atoms with Gasteiger partial charge in [0, 0.05) is 37.3 Å². The Labute approximate surface area is 130 Å². The number of aliphatic hydroxyl groups excluding tert-OH is 1. The van der Waals surface area contributed by atoms with E-state index < -0.39 is 0 Å². The van der Waals surface area contributed by atoms with E-state index in [1.165, 1.54) is 12.8 Å². The second-order valence-electron chi connectivity index (χ2n) is 6.26. The van der Waals surface area contributed by atoms with Gasteiger partial charge < -0.3 is 14.9 Å². The van der Waals surface area contributed by atoms with Crippen LogP contribution in [0, 0.1) is 5.92 Å². The zero-order chi connectivity index (χ0) is 15.4. The lowest BCUT2D eigenvalue weighted by Crippen LogP contribution is -2.33. The third-order valence-corrected chi connectivity index (χ3v) is 4.52. The first-order chi connectivity index (χ1) is 10.7. The van der Waals surface area contributed by atoms with Crippen LogP contribution < -0.4 is 5.32 Å². The molecule has 0 radical (unpaired) electrons. The van der Waals surface area contributed by atoms with Crippen molar-refractivity contribution in [1.29, 1.82) is 0 Å². The topological polar surface area (TPSA) is 88.2 Å². The summed E-state index contributed by atoms with van der Waals surface area (Å²) in [6.45, 7) is 0.134. The quantitative estimate of drug-likeness (QED) is 0.781. The lowest BCUT2D eigenvalue weighted by Gasteiger charge is -2.12. The summed E-state index contributed by atoms with van der Waals surface area (Å²) in [5, 5.41) is 16.1. The molecule has 6 nitrogen and oxygen atoms in total. The highest BCUT2D eigenvalue weighted by Crippen LogP contribution is 2.32. The maximum atomic E-state index is 11.9. The lowest BCUT2D eigenvalue weighted by atomic mass is 10.1. The Morgan fingerprint density at radius 2 is 2.18 bits per heavy atom. The van der Waals surface area contributed by atoms with Crippen LogP contribution in [-0.2, 0) is 11.2 Å². The van der Waals surface area contributed by atoms with Gasteiger partial charge in [0.25, 0.3) is 0 Å². The molecule has 1 fully saturated rings. The van der Waals surface area contributed by atoms with Gasteiger partial charge in [-0.15, -0.1) is 0 Å². The summed E-state index contributed by atoms with van der Waals surface area (Å²) in [5.41, 5.74) is 0. The molecule has 22 heavy (non-hydrogen) atoms. The van der Waals surface area contributed by atoms with Gasteiger partial charge in [0.1, 0.15) is 0 Å². The van der Waals surface area contributed by atoms with Crippen LogP contribution in [0.25, 0.3) is 0 Å². The first-order valence-electron chi connectivity index (χ1n) is 8.15. The number of carbonyl (C=O) groups is 1. The normalized spacial score (nSPS) is 25.0. The number of carbonyl (C=O) groups excluding carboxylic acids is 1. The standard InChI is InChI=1S/C16H23N3O3/c20-10-11-5-6-13(9-11)17-14(21)7-8-15-18-16(19-22-15)12-3-1-2-4-12/h5-6,11-13,20H,1-4,7-10H2,(H,17,21)/t11-,13+/m0/s1. The van der Waals surface area contributed by atoms with E-state index in [0.29, 0.717) is 24.7 Å². The molecule has 1 aromatic rings. The van der Waals surface area contributed by atoms with Gasteiger partial charge in [-0.05, 0) is 19.3 Å². The minimum Gasteiger partial charge on any atom is -0.396 e. The molecular weight excluding hydrogens is 282 g/mol. The molecule has 1 amide bonds. The predicted octanol–water partition coefficient (Wildman–Crippen LogP) is 1.71.